The van der Waals surface area contributed by atoms with Crippen molar-refractivity contribution in [1.29, 1.82) is 0 Å². The number of amides is 2. The number of imide groups is 1. The van der Waals surface area contributed by atoms with Gasteiger partial charge in [-0.3, -0.25) is 9.59 Å². The van der Waals surface area contributed by atoms with Gasteiger partial charge in [-0.1, -0.05) is 38.2 Å². The molecule has 1 fully saturated rings. The number of hydrogen-bond acceptors (Lipinski definition) is 3. The Labute approximate surface area is 130 Å². The lowest BCUT2D eigenvalue weighted by Crippen LogP contribution is -2.37. The van der Waals surface area contributed by atoms with E-state index < -0.39 is 5.41 Å². The molecule has 1 aliphatic rings. The van der Waals surface area contributed by atoms with Gasteiger partial charge in [-0.15, -0.1) is 0 Å². The Kier molecular flexibility index (Phi) is 3.89. The van der Waals surface area contributed by atoms with E-state index in [9.17, 15) is 9.59 Å². The summed E-state index contributed by atoms with van der Waals surface area (Å²) in [6.07, 6.45) is 0.236. The lowest BCUT2D eigenvalue weighted by molar-refractivity contribution is -0.126. The molecular weight excluding hydrogens is 284 g/mol. The predicted molar refractivity (Wildman–Crippen MR) is 87.1 cm³/mol. The van der Waals surface area contributed by atoms with Gasteiger partial charge in [0.05, 0.1) is 11.1 Å². The highest BCUT2D eigenvalue weighted by Gasteiger charge is 2.50. The van der Waals surface area contributed by atoms with E-state index in [2.05, 4.69) is 0 Å². The Morgan fingerprint density at radius 3 is 2.48 bits per heavy atom. The zero-order chi connectivity index (χ0) is 15.9. The van der Waals surface area contributed by atoms with Crippen LogP contribution in [0.15, 0.2) is 18.2 Å². The van der Waals surface area contributed by atoms with Crippen LogP contribution in [0, 0.1) is 18.3 Å². The Balaban J connectivity index is 2.52. The molecule has 0 saturated carbocycles. The molecule has 1 atom stereocenters. The summed E-state index contributed by atoms with van der Waals surface area (Å²) in [5, 5.41) is 0. The third-order valence-corrected chi connectivity index (χ3v) is 4.70. The molecule has 0 spiro atoms. The van der Waals surface area contributed by atoms with Crippen LogP contribution in [0.2, 0.25) is 0 Å². The minimum absolute atomic E-state index is 0.0954. The minimum atomic E-state index is -0.650. The Morgan fingerprint density at radius 1 is 1.38 bits per heavy atom. The van der Waals surface area contributed by atoms with Gasteiger partial charge in [-0.25, -0.2) is 4.90 Å². The van der Waals surface area contributed by atoms with Crippen molar-refractivity contribution < 1.29 is 9.59 Å². The number of anilines is 1. The molecule has 1 saturated heterocycles. The Hall–Kier alpha value is -1.75. The zero-order valence-electron chi connectivity index (χ0n) is 12.8. The van der Waals surface area contributed by atoms with E-state index in [0.717, 1.165) is 5.56 Å². The van der Waals surface area contributed by atoms with Crippen LogP contribution in [-0.4, -0.2) is 16.8 Å². The first-order valence-corrected chi connectivity index (χ1v) is 7.37. The topological polar surface area (TPSA) is 63.4 Å². The summed E-state index contributed by atoms with van der Waals surface area (Å²) in [6.45, 7) is 7.65. The molecule has 1 unspecified atom stereocenters. The van der Waals surface area contributed by atoms with Crippen molar-refractivity contribution in [2.24, 2.45) is 17.1 Å². The third kappa shape index (κ3) is 2.46. The molecule has 0 radical (unpaired) electrons. The second kappa shape index (κ2) is 5.22. The van der Waals surface area contributed by atoms with Gasteiger partial charge < -0.3 is 5.73 Å². The summed E-state index contributed by atoms with van der Waals surface area (Å²) < 4.78 is 0. The van der Waals surface area contributed by atoms with E-state index in [4.69, 9.17) is 18.0 Å². The fourth-order valence-corrected chi connectivity index (χ4v) is 2.66. The van der Waals surface area contributed by atoms with Gasteiger partial charge in [-0.2, -0.15) is 0 Å². The molecule has 5 heteroatoms. The number of hydrogen-bond donors (Lipinski definition) is 1. The van der Waals surface area contributed by atoms with Crippen molar-refractivity contribution in [3.8, 4) is 0 Å². The van der Waals surface area contributed by atoms with Gasteiger partial charge in [0.1, 0.15) is 4.99 Å². The highest BCUT2D eigenvalue weighted by Crippen LogP contribution is 2.42. The highest BCUT2D eigenvalue weighted by atomic mass is 32.1. The maximum absolute atomic E-state index is 12.8. The molecular formula is C16H20N2O2S. The normalized spacial score (nSPS) is 22.2. The standard InChI is InChI=1S/C16H20N2O2S/c1-9(2)16(4)8-13(19)18(15(16)20)12-7-11(14(17)21)6-5-10(12)3/h5-7,9H,8H2,1-4H3,(H2,17,21). The fourth-order valence-electron chi connectivity index (χ4n) is 2.54. The Bertz CT molecular complexity index is 639. The van der Waals surface area contributed by atoms with Gasteiger partial charge in [-0.05, 0) is 31.4 Å². The van der Waals surface area contributed by atoms with Gasteiger partial charge in [0.15, 0.2) is 0 Å². The molecule has 2 N–H and O–H groups in total. The lowest BCUT2D eigenvalue weighted by atomic mass is 9.78. The average molecular weight is 304 g/mol. The van der Waals surface area contributed by atoms with Crippen LogP contribution >= 0.6 is 12.2 Å². The van der Waals surface area contributed by atoms with Crippen LogP contribution in [-0.2, 0) is 9.59 Å². The van der Waals surface area contributed by atoms with E-state index in [1.807, 2.05) is 33.8 Å². The first-order chi connectivity index (χ1) is 9.68. The van der Waals surface area contributed by atoms with E-state index in [-0.39, 0.29) is 29.1 Å². The summed E-state index contributed by atoms with van der Waals surface area (Å²) in [5.74, 6) is -0.219. The number of thiocarbonyl (C=S) groups is 1. The van der Waals surface area contributed by atoms with Crippen molar-refractivity contribution in [2.45, 2.75) is 34.1 Å². The van der Waals surface area contributed by atoms with E-state index >= 15 is 0 Å². The molecule has 4 nitrogen and oxygen atoms in total. The lowest BCUT2D eigenvalue weighted by Gasteiger charge is -2.26. The zero-order valence-corrected chi connectivity index (χ0v) is 13.6. The number of benzene rings is 1. The molecule has 1 heterocycles. The van der Waals surface area contributed by atoms with Crippen LogP contribution in [0.5, 0.6) is 0 Å². The molecule has 21 heavy (non-hydrogen) atoms. The van der Waals surface area contributed by atoms with E-state index in [1.165, 1.54) is 4.90 Å². The first-order valence-electron chi connectivity index (χ1n) is 6.96. The third-order valence-electron chi connectivity index (χ3n) is 4.47. The monoisotopic (exact) mass is 304 g/mol. The van der Waals surface area contributed by atoms with E-state index in [0.29, 0.717) is 11.3 Å². The van der Waals surface area contributed by atoms with Crippen LogP contribution in [0.25, 0.3) is 0 Å². The maximum Gasteiger partial charge on any atom is 0.240 e. The Morgan fingerprint density at radius 2 is 2.00 bits per heavy atom. The summed E-state index contributed by atoms with van der Waals surface area (Å²) in [4.78, 5) is 26.7. The SMILES string of the molecule is Cc1ccc(C(N)=S)cc1N1C(=O)CC(C)(C(C)C)C1=O. The average Bonchev–Trinajstić information content (AvgIpc) is 2.62. The van der Waals surface area contributed by atoms with Crippen LogP contribution in [0.3, 0.4) is 0 Å². The molecule has 1 aromatic carbocycles. The smallest absolute Gasteiger partial charge is 0.240 e. The molecule has 112 valence electrons. The molecule has 0 bridgehead atoms. The van der Waals surface area contributed by atoms with E-state index in [1.54, 1.807) is 12.1 Å². The number of carbonyl (C=O) groups excluding carboxylic acids is 2. The number of nitrogens with zero attached hydrogens (tertiary/aromatic N) is 1. The van der Waals surface area contributed by atoms with Crippen molar-refractivity contribution >= 4 is 34.7 Å². The van der Waals surface area contributed by atoms with Gasteiger partial charge >= 0.3 is 0 Å². The minimum Gasteiger partial charge on any atom is -0.389 e. The number of nitrogens with two attached hydrogens (primary N) is 1. The predicted octanol–water partition coefficient (Wildman–Crippen LogP) is 2.55. The van der Waals surface area contributed by atoms with Crippen molar-refractivity contribution in [2.75, 3.05) is 4.90 Å². The van der Waals surface area contributed by atoms with Crippen molar-refractivity contribution in [3.63, 3.8) is 0 Å². The summed E-state index contributed by atoms with van der Waals surface area (Å²) in [6, 6.07) is 5.35. The number of aryl methyl sites for hydroxylation is 1. The van der Waals surface area contributed by atoms with Crippen molar-refractivity contribution in [3.05, 3.63) is 29.3 Å². The molecule has 0 aliphatic carbocycles. The fraction of sp³-hybridized carbons (Fsp3) is 0.438. The molecule has 2 rings (SSSR count). The van der Waals surface area contributed by atoms with Crippen LogP contribution < -0.4 is 10.6 Å². The number of carbonyl (C=O) groups is 2. The van der Waals surface area contributed by atoms with Crippen molar-refractivity contribution in [1.82, 2.24) is 0 Å². The molecule has 1 aromatic rings. The summed E-state index contributed by atoms with van der Waals surface area (Å²) >= 11 is 4.97. The van der Waals surface area contributed by atoms with Gasteiger partial charge in [0.25, 0.3) is 0 Å². The van der Waals surface area contributed by atoms with Crippen LogP contribution in [0.1, 0.15) is 38.3 Å². The van der Waals surface area contributed by atoms with Gasteiger partial charge in [0.2, 0.25) is 11.8 Å². The summed E-state index contributed by atoms with van der Waals surface area (Å²) in [5.41, 5.74) is 7.09. The van der Waals surface area contributed by atoms with Crippen LogP contribution in [0.4, 0.5) is 5.69 Å². The molecule has 2 amide bonds. The number of rotatable bonds is 3. The molecule has 1 aliphatic heterocycles. The quantitative estimate of drug-likeness (QED) is 0.688. The molecule has 0 aromatic heterocycles. The first kappa shape index (κ1) is 15.6. The second-order valence-corrected chi connectivity index (χ2v) is 6.59. The summed E-state index contributed by atoms with van der Waals surface area (Å²) in [7, 11) is 0. The van der Waals surface area contributed by atoms with Gasteiger partial charge in [0, 0.05) is 12.0 Å². The largest absolute Gasteiger partial charge is 0.389 e. The highest BCUT2D eigenvalue weighted by molar-refractivity contribution is 7.80. The second-order valence-electron chi connectivity index (χ2n) is 6.15. The maximum atomic E-state index is 12.8.